The van der Waals surface area contributed by atoms with Crippen LogP contribution in [0.2, 0.25) is 0 Å². The number of ether oxygens (including phenoxy) is 1. The highest BCUT2D eigenvalue weighted by Crippen LogP contribution is 2.11. The molecule has 1 heterocycles. The van der Waals surface area contributed by atoms with Gasteiger partial charge in [0.15, 0.2) is 0 Å². The van der Waals surface area contributed by atoms with Gasteiger partial charge in [-0.25, -0.2) is 4.79 Å². The van der Waals surface area contributed by atoms with E-state index in [-0.39, 0.29) is 6.03 Å². The lowest BCUT2D eigenvalue weighted by Crippen LogP contribution is -2.50. The van der Waals surface area contributed by atoms with Gasteiger partial charge in [0, 0.05) is 32.4 Å². The van der Waals surface area contributed by atoms with E-state index in [4.69, 9.17) is 4.74 Å². The molecule has 0 radical (unpaired) electrons. The largest absolute Gasteiger partial charge is 0.497 e. The molecule has 1 aliphatic rings. The van der Waals surface area contributed by atoms with Crippen molar-refractivity contribution < 1.29 is 14.3 Å². The van der Waals surface area contributed by atoms with Gasteiger partial charge in [-0.1, -0.05) is 12.1 Å². The maximum absolute atomic E-state index is 11.9. The molecule has 0 aliphatic carbocycles. The maximum Gasteiger partial charge on any atom is 0.321 e. The summed E-state index contributed by atoms with van der Waals surface area (Å²) in [7, 11) is 1.62. The van der Waals surface area contributed by atoms with Gasteiger partial charge in [0.1, 0.15) is 5.75 Å². The van der Waals surface area contributed by atoms with Crippen molar-refractivity contribution in [2.45, 2.75) is 0 Å². The third-order valence-corrected chi connectivity index (χ3v) is 3.35. The van der Waals surface area contributed by atoms with E-state index in [2.05, 4.69) is 5.32 Å². The Kier molecular flexibility index (Phi) is 5.20. The first-order chi connectivity index (χ1) is 10.2. The van der Waals surface area contributed by atoms with Crippen LogP contribution in [0.25, 0.3) is 6.08 Å². The number of rotatable bonds is 4. The van der Waals surface area contributed by atoms with E-state index in [0.29, 0.717) is 26.2 Å². The molecule has 1 fully saturated rings. The zero-order chi connectivity index (χ0) is 15.1. The number of amides is 3. The number of methoxy groups -OCH3 is 1. The van der Waals surface area contributed by atoms with Crippen LogP contribution < -0.4 is 10.1 Å². The van der Waals surface area contributed by atoms with Gasteiger partial charge in [-0.2, -0.15) is 0 Å². The number of carbonyl (C=O) groups excluding carboxylic acids is 2. The summed E-state index contributed by atoms with van der Waals surface area (Å²) in [6, 6.07) is 7.39. The van der Waals surface area contributed by atoms with Crippen LogP contribution in [0.4, 0.5) is 4.79 Å². The standard InChI is InChI=1S/C15H19N3O3/c1-21-14-4-2-13(3-5-14)6-7-16-15(20)18-10-8-17(12-19)9-11-18/h2-7,12H,8-11H2,1H3,(H,16,20)/b7-6+. The predicted octanol–water partition coefficient (Wildman–Crippen LogP) is 1.15. The summed E-state index contributed by atoms with van der Waals surface area (Å²) in [5, 5.41) is 2.73. The molecule has 1 N–H and O–H groups in total. The molecule has 0 aromatic heterocycles. The Hall–Kier alpha value is -2.50. The number of hydrogen-bond donors (Lipinski definition) is 1. The van der Waals surface area contributed by atoms with Crippen LogP contribution in [0.1, 0.15) is 5.56 Å². The second kappa shape index (κ2) is 7.33. The second-order valence-electron chi connectivity index (χ2n) is 4.68. The molecule has 112 valence electrons. The average molecular weight is 289 g/mol. The lowest BCUT2D eigenvalue weighted by molar-refractivity contribution is -0.119. The van der Waals surface area contributed by atoms with Crippen molar-refractivity contribution in [1.29, 1.82) is 0 Å². The number of piperazine rings is 1. The molecular formula is C15H19N3O3. The highest BCUT2D eigenvalue weighted by atomic mass is 16.5. The summed E-state index contributed by atoms with van der Waals surface area (Å²) < 4.78 is 5.08. The first-order valence-corrected chi connectivity index (χ1v) is 6.78. The first-order valence-electron chi connectivity index (χ1n) is 6.78. The van der Waals surface area contributed by atoms with Crippen LogP contribution in [0.3, 0.4) is 0 Å². The fourth-order valence-corrected chi connectivity index (χ4v) is 2.05. The van der Waals surface area contributed by atoms with Gasteiger partial charge >= 0.3 is 6.03 Å². The lowest BCUT2D eigenvalue weighted by Gasteiger charge is -2.32. The molecule has 0 saturated carbocycles. The minimum atomic E-state index is -0.148. The van der Waals surface area contributed by atoms with Crippen molar-refractivity contribution in [2.24, 2.45) is 0 Å². The Morgan fingerprint density at radius 3 is 2.43 bits per heavy atom. The minimum Gasteiger partial charge on any atom is -0.497 e. The van der Waals surface area contributed by atoms with Crippen molar-refractivity contribution in [3.63, 3.8) is 0 Å². The van der Waals surface area contributed by atoms with Gasteiger partial charge < -0.3 is 19.9 Å². The lowest BCUT2D eigenvalue weighted by atomic mass is 10.2. The number of urea groups is 1. The van der Waals surface area contributed by atoms with E-state index in [1.165, 1.54) is 0 Å². The van der Waals surface area contributed by atoms with E-state index in [1.54, 1.807) is 23.1 Å². The normalized spacial score (nSPS) is 15.1. The summed E-state index contributed by atoms with van der Waals surface area (Å²) in [5.41, 5.74) is 0.974. The highest BCUT2D eigenvalue weighted by Gasteiger charge is 2.18. The number of carbonyl (C=O) groups is 2. The van der Waals surface area contributed by atoms with Crippen LogP contribution >= 0.6 is 0 Å². The molecular weight excluding hydrogens is 270 g/mol. The van der Waals surface area contributed by atoms with E-state index >= 15 is 0 Å². The first kappa shape index (κ1) is 14.9. The Morgan fingerprint density at radius 1 is 1.19 bits per heavy atom. The van der Waals surface area contributed by atoms with Crippen LogP contribution in [0.5, 0.6) is 5.75 Å². The summed E-state index contributed by atoms with van der Waals surface area (Å²) in [6.45, 7) is 2.28. The fourth-order valence-electron chi connectivity index (χ4n) is 2.05. The molecule has 0 unspecified atom stereocenters. The molecule has 2 rings (SSSR count). The SMILES string of the molecule is COc1ccc(/C=C/NC(=O)N2CCN(C=O)CC2)cc1. The third-order valence-electron chi connectivity index (χ3n) is 3.35. The molecule has 1 aliphatic heterocycles. The third kappa shape index (κ3) is 4.24. The van der Waals surface area contributed by atoms with Crippen LogP contribution in [-0.2, 0) is 4.79 Å². The van der Waals surface area contributed by atoms with Gasteiger partial charge in [-0.3, -0.25) is 4.79 Å². The molecule has 21 heavy (non-hydrogen) atoms. The van der Waals surface area contributed by atoms with E-state index in [0.717, 1.165) is 17.7 Å². The van der Waals surface area contributed by atoms with Gasteiger partial charge in [0.25, 0.3) is 0 Å². The van der Waals surface area contributed by atoms with Crippen LogP contribution in [-0.4, -0.2) is 55.5 Å². The predicted molar refractivity (Wildman–Crippen MR) is 79.8 cm³/mol. The zero-order valence-corrected chi connectivity index (χ0v) is 12.0. The molecule has 1 aromatic rings. The Morgan fingerprint density at radius 2 is 1.86 bits per heavy atom. The van der Waals surface area contributed by atoms with Crippen molar-refractivity contribution in [3.8, 4) is 5.75 Å². The fraction of sp³-hybridized carbons (Fsp3) is 0.333. The van der Waals surface area contributed by atoms with Gasteiger partial charge in [-0.05, 0) is 23.8 Å². The van der Waals surface area contributed by atoms with Gasteiger partial charge in [0.2, 0.25) is 6.41 Å². The summed E-state index contributed by atoms with van der Waals surface area (Å²) >= 11 is 0. The van der Waals surface area contributed by atoms with Crippen molar-refractivity contribution in [2.75, 3.05) is 33.3 Å². The summed E-state index contributed by atoms with van der Waals surface area (Å²) in [6.07, 6.45) is 4.26. The minimum absolute atomic E-state index is 0.148. The van der Waals surface area contributed by atoms with E-state index in [9.17, 15) is 9.59 Å². The Bertz CT molecular complexity index is 505. The monoisotopic (exact) mass is 289 g/mol. The number of nitrogens with one attached hydrogen (secondary N) is 1. The van der Waals surface area contributed by atoms with Crippen LogP contribution in [0, 0.1) is 0 Å². The van der Waals surface area contributed by atoms with E-state index in [1.807, 2.05) is 30.3 Å². The maximum atomic E-state index is 11.9. The number of benzene rings is 1. The molecule has 1 aromatic carbocycles. The molecule has 0 spiro atoms. The quantitative estimate of drug-likeness (QED) is 0.846. The van der Waals surface area contributed by atoms with Crippen LogP contribution in [0.15, 0.2) is 30.5 Å². The molecule has 6 nitrogen and oxygen atoms in total. The molecule has 3 amide bonds. The molecule has 0 bridgehead atoms. The molecule has 1 saturated heterocycles. The number of hydrogen-bond acceptors (Lipinski definition) is 3. The zero-order valence-electron chi connectivity index (χ0n) is 12.0. The highest BCUT2D eigenvalue weighted by molar-refractivity contribution is 5.76. The number of nitrogens with zero attached hydrogens (tertiary/aromatic N) is 2. The van der Waals surface area contributed by atoms with E-state index < -0.39 is 0 Å². The Balaban J connectivity index is 1.80. The van der Waals surface area contributed by atoms with Crippen molar-refractivity contribution in [3.05, 3.63) is 36.0 Å². The molecule has 0 atom stereocenters. The van der Waals surface area contributed by atoms with Crippen molar-refractivity contribution >= 4 is 18.5 Å². The smallest absolute Gasteiger partial charge is 0.321 e. The average Bonchev–Trinajstić information content (AvgIpc) is 2.55. The topological polar surface area (TPSA) is 61.9 Å². The summed E-state index contributed by atoms with van der Waals surface area (Å²) in [4.78, 5) is 25.9. The second-order valence-corrected chi connectivity index (χ2v) is 4.68. The van der Waals surface area contributed by atoms with Crippen molar-refractivity contribution in [1.82, 2.24) is 15.1 Å². The summed E-state index contributed by atoms with van der Waals surface area (Å²) in [5.74, 6) is 0.796. The Labute approximate surface area is 124 Å². The van der Waals surface area contributed by atoms with Gasteiger partial charge in [0.05, 0.1) is 7.11 Å². The van der Waals surface area contributed by atoms with Gasteiger partial charge in [-0.15, -0.1) is 0 Å². The molecule has 6 heteroatoms.